The van der Waals surface area contributed by atoms with Crippen LogP contribution in [0.4, 0.5) is 5.69 Å². The number of rotatable bonds is 7. The van der Waals surface area contributed by atoms with Gasteiger partial charge in [-0.05, 0) is 54.2 Å². The summed E-state index contributed by atoms with van der Waals surface area (Å²) in [5.41, 5.74) is 2.84. The summed E-state index contributed by atoms with van der Waals surface area (Å²) >= 11 is 19.2. The highest BCUT2D eigenvalue weighted by Crippen LogP contribution is 2.29. The van der Waals surface area contributed by atoms with E-state index in [1.165, 1.54) is 0 Å². The summed E-state index contributed by atoms with van der Waals surface area (Å²) in [7, 11) is 1.64. The number of benzene rings is 2. The van der Waals surface area contributed by atoms with Crippen LogP contribution in [0.1, 0.15) is 5.56 Å². The molecular weight excluding hydrogens is 433 g/mol. The van der Waals surface area contributed by atoms with Crippen LogP contribution in [0.2, 0.25) is 10.0 Å². The minimum absolute atomic E-state index is 0.574. The highest BCUT2D eigenvalue weighted by Gasteiger charge is 2.08. The maximum absolute atomic E-state index is 6.04. The van der Waals surface area contributed by atoms with Crippen molar-refractivity contribution in [1.29, 1.82) is 0 Å². The number of ether oxygens (including phenoxy) is 1. The fraction of sp³-hybridized carbons (Fsp3) is 0.200. The summed E-state index contributed by atoms with van der Waals surface area (Å²) in [6, 6.07) is 13.4. The Balaban J connectivity index is 1.48. The molecule has 0 spiro atoms. The average Bonchev–Trinajstić information content (AvgIpc) is 2.70. The minimum atomic E-state index is 0.574. The summed E-state index contributed by atoms with van der Waals surface area (Å²) in [5.74, 6) is 2.51. The molecular formula is C20H19Cl2N3OS2. The molecule has 0 saturated carbocycles. The second-order valence-electron chi connectivity index (χ2n) is 5.90. The van der Waals surface area contributed by atoms with Crippen molar-refractivity contribution in [3.63, 3.8) is 0 Å². The normalized spacial score (nSPS) is 10.7. The van der Waals surface area contributed by atoms with Gasteiger partial charge in [0.15, 0.2) is 5.11 Å². The van der Waals surface area contributed by atoms with Gasteiger partial charge in [0.2, 0.25) is 0 Å². The zero-order valence-electron chi connectivity index (χ0n) is 15.2. The molecule has 28 heavy (non-hydrogen) atoms. The van der Waals surface area contributed by atoms with E-state index in [0.29, 0.717) is 15.2 Å². The number of anilines is 1. The van der Waals surface area contributed by atoms with Crippen LogP contribution in [0.25, 0.3) is 10.9 Å². The van der Waals surface area contributed by atoms with E-state index in [9.17, 15) is 0 Å². The van der Waals surface area contributed by atoms with Crippen LogP contribution >= 0.6 is 47.2 Å². The Morgan fingerprint density at radius 1 is 1.18 bits per heavy atom. The Kier molecular flexibility index (Phi) is 7.62. The molecule has 3 aromatic rings. The third-order valence-corrected chi connectivity index (χ3v) is 6.00. The predicted octanol–water partition coefficient (Wildman–Crippen LogP) is 5.77. The van der Waals surface area contributed by atoms with Crippen LogP contribution in [0, 0.1) is 0 Å². The van der Waals surface area contributed by atoms with Gasteiger partial charge in [0.1, 0.15) is 11.3 Å². The number of aromatic nitrogens is 1. The number of pyridine rings is 1. The van der Waals surface area contributed by atoms with Crippen molar-refractivity contribution in [2.45, 2.75) is 5.75 Å². The zero-order chi connectivity index (χ0) is 19.9. The van der Waals surface area contributed by atoms with Gasteiger partial charge >= 0.3 is 0 Å². The van der Waals surface area contributed by atoms with E-state index in [1.54, 1.807) is 25.1 Å². The van der Waals surface area contributed by atoms with Crippen LogP contribution in [0.5, 0.6) is 5.75 Å². The first-order chi connectivity index (χ1) is 13.6. The molecule has 0 unspecified atom stereocenters. The summed E-state index contributed by atoms with van der Waals surface area (Å²) in [6.07, 6.45) is 1.75. The molecule has 8 heteroatoms. The summed E-state index contributed by atoms with van der Waals surface area (Å²) < 4.78 is 5.37. The lowest BCUT2D eigenvalue weighted by Gasteiger charge is -2.13. The molecule has 0 aliphatic rings. The number of halogens is 2. The average molecular weight is 452 g/mol. The van der Waals surface area contributed by atoms with Gasteiger partial charge in [0, 0.05) is 35.3 Å². The van der Waals surface area contributed by atoms with Crippen LogP contribution in [-0.4, -0.2) is 29.5 Å². The maximum Gasteiger partial charge on any atom is 0.170 e. The summed E-state index contributed by atoms with van der Waals surface area (Å²) in [6.45, 7) is 0.754. The fourth-order valence-electron chi connectivity index (χ4n) is 2.64. The zero-order valence-corrected chi connectivity index (χ0v) is 18.3. The van der Waals surface area contributed by atoms with Crippen LogP contribution in [-0.2, 0) is 5.75 Å². The van der Waals surface area contributed by atoms with E-state index in [0.717, 1.165) is 46.0 Å². The Labute approximate surface area is 184 Å². The Morgan fingerprint density at radius 3 is 2.82 bits per heavy atom. The van der Waals surface area contributed by atoms with Crippen molar-refractivity contribution in [3.05, 3.63) is 64.3 Å². The highest BCUT2D eigenvalue weighted by molar-refractivity contribution is 7.98. The van der Waals surface area contributed by atoms with E-state index < -0.39 is 0 Å². The van der Waals surface area contributed by atoms with Crippen molar-refractivity contribution in [2.24, 2.45) is 0 Å². The van der Waals surface area contributed by atoms with Crippen molar-refractivity contribution >= 4 is 68.9 Å². The smallest absolute Gasteiger partial charge is 0.170 e. The highest BCUT2D eigenvalue weighted by atomic mass is 35.5. The first-order valence-electron chi connectivity index (χ1n) is 8.56. The third kappa shape index (κ3) is 5.41. The predicted molar refractivity (Wildman–Crippen MR) is 125 cm³/mol. The Hall–Kier alpha value is -1.73. The molecule has 0 aliphatic carbocycles. The van der Waals surface area contributed by atoms with Gasteiger partial charge in [-0.25, -0.2) is 0 Å². The Bertz CT molecular complexity index is 985. The molecule has 146 valence electrons. The number of nitrogens with one attached hydrogen (secondary N) is 2. The van der Waals surface area contributed by atoms with E-state index in [2.05, 4.69) is 15.6 Å². The van der Waals surface area contributed by atoms with Gasteiger partial charge in [-0.1, -0.05) is 29.3 Å². The molecule has 4 nitrogen and oxygen atoms in total. The van der Waals surface area contributed by atoms with Crippen LogP contribution in [0.3, 0.4) is 0 Å². The molecule has 1 aromatic heterocycles. The number of hydrogen-bond acceptors (Lipinski definition) is 4. The van der Waals surface area contributed by atoms with Gasteiger partial charge < -0.3 is 15.4 Å². The second kappa shape index (κ2) is 10.2. The molecule has 0 fully saturated rings. The molecule has 0 bridgehead atoms. The number of methoxy groups -OCH3 is 1. The van der Waals surface area contributed by atoms with Crippen LogP contribution < -0.4 is 15.4 Å². The van der Waals surface area contributed by atoms with E-state index in [-0.39, 0.29) is 0 Å². The van der Waals surface area contributed by atoms with Gasteiger partial charge in [-0.15, -0.1) is 0 Å². The van der Waals surface area contributed by atoms with Gasteiger partial charge in [-0.3, -0.25) is 4.98 Å². The standard InChI is InChI=1S/C20H19Cl2N3OS2/c1-26-18-7-6-17(14-3-2-8-23-19(14)18)25-20(27)24-9-10-28-12-13-4-5-15(21)16(22)11-13/h2-8,11H,9-10,12H2,1H3,(H2,24,25,27). The number of fused-ring (bicyclic) bond motifs is 1. The largest absolute Gasteiger partial charge is 0.494 e. The number of hydrogen-bond donors (Lipinski definition) is 2. The molecule has 0 saturated heterocycles. The quantitative estimate of drug-likeness (QED) is 0.351. The Morgan fingerprint density at radius 2 is 2.04 bits per heavy atom. The number of thioether (sulfide) groups is 1. The van der Waals surface area contributed by atoms with Gasteiger partial charge in [0.05, 0.1) is 17.2 Å². The van der Waals surface area contributed by atoms with Gasteiger partial charge in [0.25, 0.3) is 0 Å². The summed E-state index contributed by atoms with van der Waals surface area (Å²) in [5, 5.41) is 9.17. The van der Waals surface area contributed by atoms with Crippen molar-refractivity contribution < 1.29 is 4.74 Å². The SMILES string of the molecule is COc1ccc(NC(=S)NCCSCc2ccc(Cl)c(Cl)c2)c2cccnc12. The molecule has 0 aliphatic heterocycles. The molecule has 0 radical (unpaired) electrons. The van der Waals surface area contributed by atoms with Crippen molar-refractivity contribution in [1.82, 2.24) is 10.3 Å². The number of thiocarbonyl (C=S) groups is 1. The lowest BCUT2D eigenvalue weighted by atomic mass is 10.1. The van der Waals surface area contributed by atoms with Crippen molar-refractivity contribution in [3.8, 4) is 5.75 Å². The number of nitrogens with zero attached hydrogens (tertiary/aromatic N) is 1. The topological polar surface area (TPSA) is 46.2 Å². The van der Waals surface area contributed by atoms with E-state index >= 15 is 0 Å². The minimum Gasteiger partial charge on any atom is -0.494 e. The van der Waals surface area contributed by atoms with Crippen molar-refractivity contribution in [2.75, 3.05) is 24.7 Å². The third-order valence-electron chi connectivity index (χ3n) is 3.99. The maximum atomic E-state index is 6.04. The monoisotopic (exact) mass is 451 g/mol. The summed E-state index contributed by atoms with van der Waals surface area (Å²) in [4.78, 5) is 4.40. The molecule has 1 heterocycles. The lowest BCUT2D eigenvalue weighted by Crippen LogP contribution is -2.30. The van der Waals surface area contributed by atoms with E-state index in [1.807, 2.05) is 42.5 Å². The van der Waals surface area contributed by atoms with Crippen LogP contribution in [0.15, 0.2) is 48.7 Å². The molecule has 0 atom stereocenters. The first-order valence-corrected chi connectivity index (χ1v) is 10.9. The second-order valence-corrected chi connectivity index (χ2v) is 8.22. The lowest BCUT2D eigenvalue weighted by molar-refractivity contribution is 0.419. The first kappa shape index (κ1) is 21.0. The molecule has 2 aromatic carbocycles. The molecule has 3 rings (SSSR count). The van der Waals surface area contributed by atoms with E-state index in [4.69, 9.17) is 40.2 Å². The molecule has 2 N–H and O–H groups in total. The fourth-order valence-corrected chi connectivity index (χ4v) is 3.98. The van der Waals surface area contributed by atoms with Gasteiger partial charge in [-0.2, -0.15) is 11.8 Å². The molecule has 0 amide bonds.